The van der Waals surface area contributed by atoms with E-state index in [9.17, 15) is 4.79 Å². The van der Waals surface area contributed by atoms with Gasteiger partial charge in [-0.15, -0.1) is 11.3 Å². The van der Waals surface area contributed by atoms with Crippen molar-refractivity contribution in [2.75, 3.05) is 11.9 Å². The lowest BCUT2D eigenvalue weighted by molar-refractivity contribution is -0.117. The number of ether oxygens (including phenoxy) is 1. The van der Waals surface area contributed by atoms with Crippen molar-refractivity contribution in [3.05, 3.63) is 69.6 Å². The quantitative estimate of drug-likeness (QED) is 0.417. The smallest absolute Gasteiger partial charge is 0.224 e. The lowest BCUT2D eigenvalue weighted by Gasteiger charge is -2.23. The van der Waals surface area contributed by atoms with Crippen LogP contribution in [0.4, 0.5) is 5.69 Å². The Kier molecular flexibility index (Phi) is 6.41. The number of rotatable bonds is 5. The molecular formula is C29H35NO2S. The van der Waals surface area contributed by atoms with Gasteiger partial charge in [0, 0.05) is 34.0 Å². The molecule has 0 bridgehead atoms. The van der Waals surface area contributed by atoms with E-state index in [1.54, 1.807) is 11.3 Å². The molecule has 0 spiro atoms. The fraction of sp³-hybridized carbons (Fsp3) is 0.414. The largest absolute Gasteiger partial charge is 0.492 e. The number of thiophene rings is 1. The molecule has 0 aliphatic carbocycles. The van der Waals surface area contributed by atoms with Gasteiger partial charge in [-0.25, -0.2) is 0 Å². The average molecular weight is 462 g/mol. The minimum absolute atomic E-state index is 0.0579. The van der Waals surface area contributed by atoms with E-state index in [-0.39, 0.29) is 17.2 Å². The molecule has 3 aromatic rings. The number of fused-ring (bicyclic) bond motifs is 1. The lowest BCUT2D eigenvalue weighted by Crippen LogP contribution is -2.21. The van der Waals surface area contributed by atoms with Crippen LogP contribution in [0.15, 0.2) is 41.8 Å². The molecule has 0 radical (unpaired) electrons. The van der Waals surface area contributed by atoms with E-state index in [0.29, 0.717) is 18.9 Å². The van der Waals surface area contributed by atoms with Gasteiger partial charge in [-0.3, -0.25) is 4.79 Å². The Morgan fingerprint density at radius 2 is 1.82 bits per heavy atom. The second kappa shape index (κ2) is 8.98. The normalized spacial score (nSPS) is 15.5. The number of nitrogens with one attached hydrogen (secondary N) is 1. The first kappa shape index (κ1) is 23.6. The van der Waals surface area contributed by atoms with Gasteiger partial charge in [-0.05, 0) is 58.9 Å². The van der Waals surface area contributed by atoms with Gasteiger partial charge in [0.05, 0.1) is 6.61 Å². The first-order valence-electron chi connectivity index (χ1n) is 11.8. The molecule has 0 saturated heterocycles. The van der Waals surface area contributed by atoms with Gasteiger partial charge in [0.1, 0.15) is 5.75 Å². The maximum atomic E-state index is 12.9. The zero-order valence-corrected chi connectivity index (χ0v) is 21.7. The summed E-state index contributed by atoms with van der Waals surface area (Å²) in [5.41, 5.74) is 7.96. The van der Waals surface area contributed by atoms with Crippen LogP contribution in [0, 0.1) is 19.3 Å². The van der Waals surface area contributed by atoms with Crippen molar-refractivity contribution in [1.29, 1.82) is 0 Å². The SMILES string of the molecule is Cc1c(NC(=O)CC(C)(C)C)c(C)c2c(c1-c1cccs1)OCC2c1ccc(C(C)C)cc1. The van der Waals surface area contributed by atoms with Crippen LogP contribution in [0.25, 0.3) is 10.4 Å². The third-order valence-electron chi connectivity index (χ3n) is 6.47. The molecule has 174 valence electrons. The maximum absolute atomic E-state index is 12.9. The lowest BCUT2D eigenvalue weighted by atomic mass is 9.85. The first-order valence-corrected chi connectivity index (χ1v) is 12.7. The van der Waals surface area contributed by atoms with Crippen LogP contribution in [0.3, 0.4) is 0 Å². The molecule has 4 heteroatoms. The Hall–Kier alpha value is -2.59. The van der Waals surface area contributed by atoms with Gasteiger partial charge < -0.3 is 10.1 Å². The standard InChI is InChI=1S/C29H35NO2S/c1-17(2)20-10-12-21(13-11-20)22-16-32-28-25(22)18(3)27(30-24(31)15-29(5,6)7)19(4)26(28)23-9-8-14-33-23/h8-14,17,22H,15-16H2,1-7H3,(H,30,31). The van der Waals surface area contributed by atoms with E-state index in [4.69, 9.17) is 4.74 Å². The number of hydrogen-bond acceptors (Lipinski definition) is 3. The van der Waals surface area contributed by atoms with Crippen molar-refractivity contribution in [2.45, 2.75) is 66.7 Å². The molecule has 0 saturated carbocycles. The Balaban J connectivity index is 1.84. The molecular weight excluding hydrogens is 426 g/mol. The fourth-order valence-corrected chi connectivity index (χ4v) is 5.61. The summed E-state index contributed by atoms with van der Waals surface area (Å²) < 4.78 is 6.39. The number of carbonyl (C=O) groups is 1. The Morgan fingerprint density at radius 3 is 2.39 bits per heavy atom. The molecule has 4 rings (SSSR count). The number of amides is 1. The zero-order valence-electron chi connectivity index (χ0n) is 20.8. The number of anilines is 1. The molecule has 33 heavy (non-hydrogen) atoms. The van der Waals surface area contributed by atoms with Gasteiger partial charge >= 0.3 is 0 Å². The highest BCUT2D eigenvalue weighted by Gasteiger charge is 2.34. The molecule has 1 amide bonds. The van der Waals surface area contributed by atoms with Gasteiger partial charge in [-0.1, -0.05) is 65.0 Å². The van der Waals surface area contributed by atoms with Gasteiger partial charge in [0.2, 0.25) is 5.91 Å². The monoisotopic (exact) mass is 461 g/mol. The number of benzene rings is 2. The van der Waals surface area contributed by atoms with E-state index < -0.39 is 0 Å². The van der Waals surface area contributed by atoms with Crippen molar-refractivity contribution in [1.82, 2.24) is 0 Å². The second-order valence-corrected chi connectivity index (χ2v) is 11.6. The van der Waals surface area contributed by atoms with Gasteiger partial charge in [0.25, 0.3) is 0 Å². The zero-order chi connectivity index (χ0) is 23.9. The highest BCUT2D eigenvalue weighted by molar-refractivity contribution is 7.13. The summed E-state index contributed by atoms with van der Waals surface area (Å²) in [5, 5.41) is 5.37. The van der Waals surface area contributed by atoms with Crippen LogP contribution in [-0.4, -0.2) is 12.5 Å². The fourth-order valence-electron chi connectivity index (χ4n) is 4.78. The van der Waals surface area contributed by atoms with Crippen LogP contribution in [0.5, 0.6) is 5.75 Å². The Bertz CT molecular complexity index is 1150. The summed E-state index contributed by atoms with van der Waals surface area (Å²) in [6.45, 7) is 15.6. The number of carbonyl (C=O) groups excluding carboxylic acids is 1. The predicted octanol–water partition coefficient (Wildman–Crippen LogP) is 8.05. The van der Waals surface area contributed by atoms with E-state index in [0.717, 1.165) is 28.1 Å². The summed E-state index contributed by atoms with van der Waals surface area (Å²) in [5.74, 6) is 1.69. The van der Waals surface area contributed by atoms with E-state index in [1.165, 1.54) is 21.6 Å². The summed E-state index contributed by atoms with van der Waals surface area (Å²) in [6, 6.07) is 13.1. The van der Waals surface area contributed by atoms with Crippen molar-refractivity contribution >= 4 is 22.9 Å². The van der Waals surface area contributed by atoms with Crippen molar-refractivity contribution < 1.29 is 9.53 Å². The van der Waals surface area contributed by atoms with Crippen LogP contribution in [-0.2, 0) is 4.79 Å². The van der Waals surface area contributed by atoms with Crippen LogP contribution in [0.1, 0.15) is 80.7 Å². The second-order valence-electron chi connectivity index (χ2n) is 10.7. The molecule has 1 aliphatic rings. The van der Waals surface area contributed by atoms with Gasteiger partial charge in [0.15, 0.2) is 0 Å². The van der Waals surface area contributed by atoms with Gasteiger partial charge in [-0.2, -0.15) is 0 Å². The third kappa shape index (κ3) is 4.72. The highest BCUT2D eigenvalue weighted by atomic mass is 32.1. The molecule has 1 aromatic heterocycles. The average Bonchev–Trinajstić information content (AvgIpc) is 3.41. The van der Waals surface area contributed by atoms with Crippen LogP contribution >= 0.6 is 11.3 Å². The summed E-state index contributed by atoms with van der Waals surface area (Å²) in [7, 11) is 0. The van der Waals surface area contributed by atoms with E-state index in [2.05, 4.69) is 95.6 Å². The van der Waals surface area contributed by atoms with Crippen LogP contribution < -0.4 is 10.1 Å². The highest BCUT2D eigenvalue weighted by Crippen LogP contribution is 2.51. The van der Waals surface area contributed by atoms with Crippen molar-refractivity contribution in [3.63, 3.8) is 0 Å². The predicted molar refractivity (Wildman–Crippen MR) is 140 cm³/mol. The van der Waals surface area contributed by atoms with E-state index in [1.807, 2.05) is 0 Å². The molecule has 0 fully saturated rings. The molecule has 2 aromatic carbocycles. The van der Waals surface area contributed by atoms with Crippen molar-refractivity contribution in [3.8, 4) is 16.2 Å². The van der Waals surface area contributed by atoms with Crippen molar-refractivity contribution in [2.24, 2.45) is 5.41 Å². The minimum Gasteiger partial charge on any atom is -0.492 e. The molecule has 3 nitrogen and oxygen atoms in total. The molecule has 1 N–H and O–H groups in total. The Labute approximate surface area is 202 Å². The maximum Gasteiger partial charge on any atom is 0.224 e. The molecule has 1 unspecified atom stereocenters. The Morgan fingerprint density at radius 1 is 1.12 bits per heavy atom. The summed E-state index contributed by atoms with van der Waals surface area (Å²) in [4.78, 5) is 14.1. The third-order valence-corrected chi connectivity index (χ3v) is 7.36. The number of hydrogen-bond donors (Lipinski definition) is 1. The van der Waals surface area contributed by atoms with Crippen LogP contribution in [0.2, 0.25) is 0 Å². The molecule has 1 atom stereocenters. The van der Waals surface area contributed by atoms with E-state index >= 15 is 0 Å². The molecule has 1 aliphatic heterocycles. The first-order chi connectivity index (χ1) is 15.6. The molecule has 2 heterocycles. The summed E-state index contributed by atoms with van der Waals surface area (Å²) >= 11 is 1.71. The minimum atomic E-state index is -0.0665. The topological polar surface area (TPSA) is 38.3 Å². The summed E-state index contributed by atoms with van der Waals surface area (Å²) in [6.07, 6.45) is 0.480.